The molecule has 1 aromatic heterocycles. The molecule has 0 bridgehead atoms. The second-order valence-corrected chi connectivity index (χ2v) is 5.28. The molecule has 1 aliphatic rings. The molecule has 132 valence electrons. The molecule has 0 aliphatic carbocycles. The number of rotatable bonds is 5. The maximum absolute atomic E-state index is 12.4. The Morgan fingerprint density at radius 1 is 1.40 bits per heavy atom. The lowest BCUT2D eigenvalue weighted by Crippen LogP contribution is -2.24. The highest BCUT2D eigenvalue weighted by Gasteiger charge is 2.25. The number of ether oxygens (including phenoxy) is 3. The van der Waals surface area contributed by atoms with Crippen LogP contribution in [-0.2, 0) is 4.79 Å². The maximum atomic E-state index is 12.4. The topological polar surface area (TPSA) is 118 Å². The quantitative estimate of drug-likeness (QED) is 0.646. The van der Waals surface area contributed by atoms with Gasteiger partial charge >= 0.3 is 11.6 Å². The predicted molar refractivity (Wildman–Crippen MR) is 86.2 cm³/mol. The second-order valence-electron chi connectivity index (χ2n) is 5.28. The fourth-order valence-corrected chi connectivity index (χ4v) is 2.32. The van der Waals surface area contributed by atoms with Crippen molar-refractivity contribution < 1.29 is 23.9 Å². The van der Waals surface area contributed by atoms with E-state index >= 15 is 0 Å². The molecule has 0 spiro atoms. The van der Waals surface area contributed by atoms with Crippen molar-refractivity contribution in [2.24, 2.45) is 0 Å². The van der Waals surface area contributed by atoms with Gasteiger partial charge in [-0.25, -0.2) is 4.68 Å². The summed E-state index contributed by atoms with van der Waals surface area (Å²) in [5.41, 5.74) is 0.219. The van der Waals surface area contributed by atoms with Crippen molar-refractivity contribution in [3.8, 4) is 17.4 Å². The molecule has 0 radical (unpaired) electrons. The Morgan fingerprint density at radius 2 is 2.12 bits per heavy atom. The Morgan fingerprint density at radius 3 is 2.76 bits per heavy atom. The number of fused-ring (bicyclic) bond motifs is 1. The van der Waals surface area contributed by atoms with Crippen molar-refractivity contribution in [1.29, 1.82) is 0 Å². The molecule has 2 aromatic rings. The van der Waals surface area contributed by atoms with Crippen LogP contribution >= 0.6 is 0 Å². The van der Waals surface area contributed by atoms with E-state index in [1.807, 2.05) is 0 Å². The van der Waals surface area contributed by atoms with Crippen LogP contribution in [0.5, 0.6) is 17.4 Å². The Kier molecular flexibility index (Phi) is 4.42. The van der Waals surface area contributed by atoms with E-state index in [1.54, 1.807) is 25.1 Å². The average molecular weight is 348 g/mol. The molecule has 1 N–H and O–H groups in total. The summed E-state index contributed by atoms with van der Waals surface area (Å²) in [5, 5.41) is 17.6. The van der Waals surface area contributed by atoms with Gasteiger partial charge < -0.3 is 19.5 Å². The summed E-state index contributed by atoms with van der Waals surface area (Å²) in [5.74, 6) is 0.624. The van der Waals surface area contributed by atoms with Crippen molar-refractivity contribution >= 4 is 17.3 Å². The van der Waals surface area contributed by atoms with E-state index in [2.05, 4.69) is 10.4 Å². The van der Waals surface area contributed by atoms with Gasteiger partial charge in [-0.3, -0.25) is 14.9 Å². The van der Waals surface area contributed by atoms with Crippen LogP contribution < -0.4 is 19.5 Å². The van der Waals surface area contributed by atoms with Crippen LogP contribution in [0, 0.1) is 10.1 Å². The number of aromatic nitrogens is 2. The molecule has 25 heavy (non-hydrogen) atoms. The zero-order chi connectivity index (χ0) is 18.0. The Labute approximate surface area is 142 Å². The number of methoxy groups -OCH3 is 1. The lowest BCUT2D eigenvalue weighted by molar-refractivity contribution is -0.385. The third-order valence-electron chi connectivity index (χ3n) is 3.66. The molecule has 1 aromatic carbocycles. The van der Waals surface area contributed by atoms with Crippen molar-refractivity contribution in [2.75, 3.05) is 25.6 Å². The highest BCUT2D eigenvalue weighted by molar-refractivity contribution is 5.93. The fourth-order valence-electron chi connectivity index (χ4n) is 2.32. The minimum Gasteiger partial charge on any atom is -0.486 e. The predicted octanol–water partition coefficient (Wildman–Crippen LogP) is 1.77. The van der Waals surface area contributed by atoms with Crippen LogP contribution in [-0.4, -0.2) is 40.9 Å². The molecule has 1 unspecified atom stereocenters. The summed E-state index contributed by atoms with van der Waals surface area (Å²) in [6.45, 7) is 2.50. The summed E-state index contributed by atoms with van der Waals surface area (Å²) in [6, 6.07) is 4.27. The van der Waals surface area contributed by atoms with E-state index in [9.17, 15) is 14.9 Å². The minimum absolute atomic E-state index is 0.149. The third-order valence-corrected chi connectivity index (χ3v) is 3.66. The molecular formula is C15H16N4O6. The summed E-state index contributed by atoms with van der Waals surface area (Å²) in [6.07, 6.45) is 1.16. The van der Waals surface area contributed by atoms with Gasteiger partial charge in [0.15, 0.2) is 11.5 Å². The van der Waals surface area contributed by atoms with E-state index in [-0.39, 0.29) is 11.6 Å². The number of hydrogen-bond donors (Lipinski definition) is 1. The lowest BCUT2D eigenvalue weighted by atomic mass is 10.2. The molecular weight excluding hydrogens is 332 g/mol. The molecule has 1 amide bonds. The Balaban J connectivity index is 1.76. The van der Waals surface area contributed by atoms with Crippen LogP contribution in [0.3, 0.4) is 0 Å². The van der Waals surface area contributed by atoms with Crippen molar-refractivity contribution in [2.45, 2.75) is 13.0 Å². The summed E-state index contributed by atoms with van der Waals surface area (Å²) >= 11 is 0. The number of anilines is 1. The van der Waals surface area contributed by atoms with Gasteiger partial charge in [0.25, 0.3) is 0 Å². The number of hydrogen-bond acceptors (Lipinski definition) is 7. The SMILES string of the molecule is COc1nn(C(C)C(=O)Nc2ccc3c(c2)OCCO3)cc1[N+](=O)[O-]. The highest BCUT2D eigenvalue weighted by Crippen LogP contribution is 2.33. The molecule has 10 nitrogen and oxygen atoms in total. The maximum Gasteiger partial charge on any atom is 0.350 e. The third kappa shape index (κ3) is 3.32. The summed E-state index contributed by atoms with van der Waals surface area (Å²) in [4.78, 5) is 22.7. The van der Waals surface area contributed by atoms with Crippen LogP contribution in [0.4, 0.5) is 11.4 Å². The standard InChI is InChI=1S/C15H16N4O6/c1-9(18-8-11(19(21)22)15(17-18)23-2)14(20)16-10-3-4-12-13(7-10)25-6-5-24-12/h3-4,7-9H,5-6H2,1-2H3,(H,16,20). The summed E-state index contributed by atoms with van der Waals surface area (Å²) in [7, 11) is 1.28. The Hall–Kier alpha value is -3.30. The first-order chi connectivity index (χ1) is 12.0. The zero-order valence-corrected chi connectivity index (χ0v) is 13.6. The van der Waals surface area contributed by atoms with E-state index < -0.39 is 16.9 Å². The van der Waals surface area contributed by atoms with Gasteiger partial charge in [0, 0.05) is 11.8 Å². The normalized spacial score (nSPS) is 13.8. The molecule has 1 aliphatic heterocycles. The lowest BCUT2D eigenvalue weighted by Gasteiger charge is -2.19. The summed E-state index contributed by atoms with van der Waals surface area (Å²) < 4.78 is 16.9. The first kappa shape index (κ1) is 16.6. The van der Waals surface area contributed by atoms with Crippen LogP contribution in [0.1, 0.15) is 13.0 Å². The van der Waals surface area contributed by atoms with E-state index in [0.29, 0.717) is 30.4 Å². The van der Waals surface area contributed by atoms with Crippen LogP contribution in [0.2, 0.25) is 0 Å². The van der Waals surface area contributed by atoms with E-state index in [4.69, 9.17) is 14.2 Å². The Bertz CT molecular complexity index is 818. The number of benzene rings is 1. The first-order valence-electron chi connectivity index (χ1n) is 7.47. The number of amides is 1. The molecule has 0 fully saturated rings. The largest absolute Gasteiger partial charge is 0.486 e. The first-order valence-corrected chi connectivity index (χ1v) is 7.47. The fraction of sp³-hybridized carbons (Fsp3) is 0.333. The second kappa shape index (κ2) is 6.67. The number of nitrogens with one attached hydrogen (secondary N) is 1. The molecule has 2 heterocycles. The van der Waals surface area contributed by atoms with Gasteiger partial charge in [-0.2, -0.15) is 0 Å². The van der Waals surface area contributed by atoms with Gasteiger partial charge in [0.2, 0.25) is 5.91 Å². The molecule has 0 saturated heterocycles. The van der Waals surface area contributed by atoms with Gasteiger partial charge in [-0.05, 0) is 19.1 Å². The molecule has 10 heteroatoms. The zero-order valence-electron chi connectivity index (χ0n) is 13.6. The van der Waals surface area contributed by atoms with Crippen molar-refractivity contribution in [1.82, 2.24) is 9.78 Å². The molecule has 1 atom stereocenters. The number of carbonyl (C=O) groups excluding carboxylic acids is 1. The van der Waals surface area contributed by atoms with Crippen molar-refractivity contribution in [3.63, 3.8) is 0 Å². The van der Waals surface area contributed by atoms with Crippen LogP contribution in [0.25, 0.3) is 0 Å². The average Bonchev–Trinajstić information content (AvgIpc) is 3.05. The van der Waals surface area contributed by atoms with Crippen molar-refractivity contribution in [3.05, 3.63) is 34.5 Å². The molecule has 3 rings (SSSR count). The number of carbonyl (C=O) groups is 1. The van der Waals surface area contributed by atoms with Gasteiger partial charge in [0.1, 0.15) is 25.5 Å². The van der Waals surface area contributed by atoms with Gasteiger partial charge in [0.05, 0.1) is 12.0 Å². The monoisotopic (exact) mass is 348 g/mol. The van der Waals surface area contributed by atoms with Crippen LogP contribution in [0.15, 0.2) is 24.4 Å². The smallest absolute Gasteiger partial charge is 0.350 e. The molecule has 0 saturated carbocycles. The minimum atomic E-state index is -0.782. The highest BCUT2D eigenvalue weighted by atomic mass is 16.6. The van der Waals surface area contributed by atoms with E-state index in [1.165, 1.54) is 11.8 Å². The number of nitro groups is 1. The van der Waals surface area contributed by atoms with E-state index in [0.717, 1.165) is 6.20 Å². The number of nitrogens with zero attached hydrogens (tertiary/aromatic N) is 3. The van der Waals surface area contributed by atoms with Gasteiger partial charge in [-0.15, -0.1) is 5.10 Å². The van der Waals surface area contributed by atoms with Gasteiger partial charge in [-0.1, -0.05) is 0 Å².